The Morgan fingerprint density at radius 1 is 1.09 bits per heavy atom. The molecular weight excluding hydrogens is 323 g/mol. The number of hydrogen-bond acceptors (Lipinski definition) is 2. The zero-order valence-corrected chi connectivity index (χ0v) is 13.5. The molecule has 2 nitrogen and oxygen atoms in total. The van der Waals surface area contributed by atoms with Crippen molar-refractivity contribution in [1.29, 1.82) is 0 Å². The van der Waals surface area contributed by atoms with Gasteiger partial charge in [0.25, 0.3) is 5.91 Å². The Morgan fingerprint density at radius 2 is 1.70 bits per heavy atom. The average molecular weight is 339 g/mol. The third kappa shape index (κ3) is 4.28. The fourth-order valence-corrected chi connectivity index (χ4v) is 2.59. The number of nitrogens with one attached hydrogen (secondary N) is 1. The Morgan fingerprint density at radius 3 is 2.26 bits per heavy atom. The van der Waals surface area contributed by atoms with Crippen LogP contribution in [0.5, 0.6) is 0 Å². The van der Waals surface area contributed by atoms with E-state index < -0.39 is 17.6 Å². The van der Waals surface area contributed by atoms with Crippen molar-refractivity contribution in [3.8, 4) is 0 Å². The van der Waals surface area contributed by atoms with Gasteiger partial charge in [-0.3, -0.25) is 4.79 Å². The number of hydrogen-bond donors (Lipinski definition) is 1. The van der Waals surface area contributed by atoms with Crippen LogP contribution in [0.2, 0.25) is 0 Å². The number of amides is 1. The number of rotatable bonds is 4. The zero-order valence-electron chi connectivity index (χ0n) is 12.6. The van der Waals surface area contributed by atoms with Gasteiger partial charge in [0.15, 0.2) is 0 Å². The first kappa shape index (κ1) is 17.4. The second-order valence-electron chi connectivity index (χ2n) is 5.01. The summed E-state index contributed by atoms with van der Waals surface area (Å²) in [5.74, 6) is -0.737. The molecule has 1 atom stereocenters. The average Bonchev–Trinajstić information content (AvgIpc) is 2.54. The van der Waals surface area contributed by atoms with E-state index in [4.69, 9.17) is 0 Å². The van der Waals surface area contributed by atoms with Crippen molar-refractivity contribution in [2.24, 2.45) is 0 Å². The number of carbonyl (C=O) groups excluding carboxylic acids is 1. The molecule has 0 heterocycles. The van der Waals surface area contributed by atoms with Crippen LogP contribution in [0.4, 0.5) is 13.2 Å². The summed E-state index contributed by atoms with van der Waals surface area (Å²) in [6, 6.07) is 11.9. The minimum absolute atomic E-state index is 0.368. The third-order valence-electron chi connectivity index (χ3n) is 3.44. The van der Waals surface area contributed by atoms with Gasteiger partial charge in [-0.25, -0.2) is 0 Å². The van der Waals surface area contributed by atoms with Gasteiger partial charge in [-0.15, -0.1) is 11.8 Å². The molecule has 1 unspecified atom stereocenters. The van der Waals surface area contributed by atoms with Crippen LogP contribution in [-0.4, -0.2) is 12.2 Å². The van der Waals surface area contributed by atoms with Gasteiger partial charge < -0.3 is 5.32 Å². The molecule has 0 aliphatic rings. The Balaban J connectivity index is 2.18. The summed E-state index contributed by atoms with van der Waals surface area (Å²) in [6.45, 7) is 1.74. The molecule has 0 aromatic heterocycles. The van der Waals surface area contributed by atoms with Crippen molar-refractivity contribution in [2.45, 2.75) is 24.0 Å². The lowest BCUT2D eigenvalue weighted by Gasteiger charge is -2.17. The van der Waals surface area contributed by atoms with E-state index in [0.29, 0.717) is 0 Å². The predicted octanol–water partition coefficient (Wildman–Crippen LogP) is 4.92. The molecule has 0 radical (unpaired) electrons. The molecule has 0 aliphatic heterocycles. The largest absolute Gasteiger partial charge is 0.417 e. The minimum atomic E-state index is -4.56. The SMILES string of the molecule is CSc1ccc(C(C)NC(=O)c2ccccc2C(F)(F)F)cc1. The van der Waals surface area contributed by atoms with Gasteiger partial charge in [0.2, 0.25) is 0 Å². The smallest absolute Gasteiger partial charge is 0.346 e. The number of carbonyl (C=O) groups is 1. The summed E-state index contributed by atoms with van der Waals surface area (Å²) in [5, 5.41) is 2.62. The lowest BCUT2D eigenvalue weighted by molar-refractivity contribution is -0.137. The standard InChI is InChI=1S/C17H16F3NOS/c1-11(12-7-9-13(23-2)10-8-12)21-16(22)14-5-3-4-6-15(14)17(18,19)20/h3-11H,1-2H3,(H,21,22). The fourth-order valence-electron chi connectivity index (χ4n) is 2.18. The molecule has 1 N–H and O–H groups in total. The maximum atomic E-state index is 13.0. The first-order valence-electron chi connectivity index (χ1n) is 6.94. The second-order valence-corrected chi connectivity index (χ2v) is 5.89. The molecule has 6 heteroatoms. The highest BCUT2D eigenvalue weighted by Crippen LogP contribution is 2.32. The Hall–Kier alpha value is -1.95. The van der Waals surface area contributed by atoms with Crippen LogP contribution in [-0.2, 0) is 6.18 Å². The molecule has 1 amide bonds. The van der Waals surface area contributed by atoms with E-state index in [1.54, 1.807) is 18.7 Å². The summed E-state index contributed by atoms with van der Waals surface area (Å²) in [7, 11) is 0. The lowest BCUT2D eigenvalue weighted by atomic mass is 10.0. The van der Waals surface area contributed by atoms with Gasteiger partial charge in [-0.1, -0.05) is 24.3 Å². The van der Waals surface area contributed by atoms with Gasteiger partial charge in [0.05, 0.1) is 17.2 Å². The summed E-state index contributed by atoms with van der Waals surface area (Å²) < 4.78 is 38.9. The fraction of sp³-hybridized carbons (Fsp3) is 0.235. The predicted molar refractivity (Wildman–Crippen MR) is 85.5 cm³/mol. The Bertz CT molecular complexity index is 683. The van der Waals surface area contributed by atoms with Crippen LogP contribution in [0.25, 0.3) is 0 Å². The van der Waals surface area contributed by atoms with E-state index in [1.807, 2.05) is 30.5 Å². The van der Waals surface area contributed by atoms with Crippen molar-refractivity contribution in [3.05, 3.63) is 65.2 Å². The molecular formula is C17H16F3NOS. The van der Waals surface area contributed by atoms with Gasteiger partial charge >= 0.3 is 6.18 Å². The molecule has 0 spiro atoms. The summed E-state index contributed by atoms with van der Waals surface area (Å²) in [6.07, 6.45) is -2.61. The molecule has 122 valence electrons. The van der Waals surface area contributed by atoms with Crippen LogP contribution >= 0.6 is 11.8 Å². The van der Waals surface area contributed by atoms with Crippen LogP contribution in [0.1, 0.15) is 34.5 Å². The van der Waals surface area contributed by atoms with Crippen molar-refractivity contribution in [2.75, 3.05) is 6.26 Å². The monoisotopic (exact) mass is 339 g/mol. The molecule has 0 fully saturated rings. The van der Waals surface area contributed by atoms with Crippen LogP contribution in [0.15, 0.2) is 53.4 Å². The number of alkyl halides is 3. The van der Waals surface area contributed by atoms with E-state index in [1.165, 1.54) is 18.2 Å². The van der Waals surface area contributed by atoms with E-state index >= 15 is 0 Å². The van der Waals surface area contributed by atoms with Gasteiger partial charge in [-0.05, 0) is 43.0 Å². The van der Waals surface area contributed by atoms with Crippen LogP contribution in [0.3, 0.4) is 0 Å². The first-order chi connectivity index (χ1) is 10.8. The molecule has 2 aromatic rings. The highest BCUT2D eigenvalue weighted by molar-refractivity contribution is 7.98. The Labute approximate surface area is 137 Å². The normalized spacial score (nSPS) is 12.7. The van der Waals surface area contributed by atoms with E-state index in [9.17, 15) is 18.0 Å². The van der Waals surface area contributed by atoms with Gasteiger partial charge in [-0.2, -0.15) is 13.2 Å². The lowest BCUT2D eigenvalue weighted by Crippen LogP contribution is -2.28. The maximum Gasteiger partial charge on any atom is 0.417 e. The maximum absolute atomic E-state index is 13.0. The quantitative estimate of drug-likeness (QED) is 0.801. The van der Waals surface area contributed by atoms with Crippen molar-refractivity contribution >= 4 is 17.7 Å². The van der Waals surface area contributed by atoms with Crippen molar-refractivity contribution < 1.29 is 18.0 Å². The highest BCUT2D eigenvalue weighted by atomic mass is 32.2. The zero-order chi connectivity index (χ0) is 17.0. The van der Waals surface area contributed by atoms with Gasteiger partial charge in [0.1, 0.15) is 0 Å². The number of halogens is 3. The molecule has 0 saturated carbocycles. The second kappa shape index (κ2) is 7.08. The Kier molecular flexibility index (Phi) is 5.36. The molecule has 0 bridgehead atoms. The van der Waals surface area contributed by atoms with E-state index in [-0.39, 0.29) is 11.6 Å². The third-order valence-corrected chi connectivity index (χ3v) is 4.18. The van der Waals surface area contributed by atoms with Crippen LogP contribution in [0, 0.1) is 0 Å². The van der Waals surface area contributed by atoms with Crippen molar-refractivity contribution in [1.82, 2.24) is 5.32 Å². The number of benzene rings is 2. The first-order valence-corrected chi connectivity index (χ1v) is 8.16. The van der Waals surface area contributed by atoms with E-state index in [2.05, 4.69) is 5.32 Å². The van der Waals surface area contributed by atoms with Gasteiger partial charge in [0, 0.05) is 4.90 Å². The van der Waals surface area contributed by atoms with E-state index in [0.717, 1.165) is 16.5 Å². The summed E-state index contributed by atoms with van der Waals surface area (Å²) >= 11 is 1.59. The molecule has 0 saturated heterocycles. The summed E-state index contributed by atoms with van der Waals surface area (Å²) in [4.78, 5) is 13.3. The molecule has 0 aliphatic carbocycles. The molecule has 23 heavy (non-hydrogen) atoms. The van der Waals surface area contributed by atoms with Crippen LogP contribution < -0.4 is 5.32 Å². The molecule has 2 aromatic carbocycles. The summed E-state index contributed by atoms with van der Waals surface area (Å²) in [5.41, 5.74) is -0.462. The van der Waals surface area contributed by atoms with Crippen molar-refractivity contribution in [3.63, 3.8) is 0 Å². The highest BCUT2D eigenvalue weighted by Gasteiger charge is 2.35. The molecule has 2 rings (SSSR count). The minimum Gasteiger partial charge on any atom is -0.346 e. The number of thioether (sulfide) groups is 1. The topological polar surface area (TPSA) is 29.1 Å².